The molecule has 0 saturated carbocycles. The third-order valence-corrected chi connectivity index (χ3v) is 14.4. The van der Waals surface area contributed by atoms with Crippen LogP contribution in [0.25, 0.3) is 51.4 Å². The van der Waals surface area contributed by atoms with Crippen molar-refractivity contribution in [3.05, 3.63) is 53.3 Å². The monoisotopic (exact) mass is 684 g/mol. The van der Waals surface area contributed by atoms with E-state index in [9.17, 15) is 0 Å². The Labute approximate surface area is 245 Å². The van der Waals surface area contributed by atoms with Crippen LogP contribution in [0.3, 0.4) is 0 Å². The van der Waals surface area contributed by atoms with E-state index in [0.717, 1.165) is 46.5 Å². The molecule has 7 heterocycles. The molecular formula is C27H13IN2O2S5. The van der Waals surface area contributed by atoms with Crippen LogP contribution in [-0.4, -0.2) is 8.75 Å². The number of thiophene rings is 4. The first kappa shape index (κ1) is 21.0. The summed E-state index contributed by atoms with van der Waals surface area (Å²) in [7, 11) is 0. The van der Waals surface area contributed by atoms with E-state index in [0.29, 0.717) is 13.2 Å². The molecule has 6 aromatic rings. The van der Waals surface area contributed by atoms with Crippen LogP contribution in [-0.2, 0) is 26.1 Å². The summed E-state index contributed by atoms with van der Waals surface area (Å²) >= 11 is 11.4. The average Bonchev–Trinajstić information content (AvgIpc) is 3.70. The summed E-state index contributed by atoms with van der Waals surface area (Å²) in [6, 6.07) is 4.68. The fourth-order valence-corrected chi connectivity index (χ4v) is 13.0. The second-order valence-corrected chi connectivity index (χ2v) is 16.6. The molecule has 1 aromatic carbocycles. The molecule has 2 aliphatic carbocycles. The highest BCUT2D eigenvalue weighted by Gasteiger charge is 2.40. The number of hydrogen-bond donors (Lipinski definition) is 0. The zero-order valence-corrected chi connectivity index (χ0v) is 25.4. The number of aromatic nitrogens is 2. The maximum absolute atomic E-state index is 6.59. The molecule has 0 radical (unpaired) electrons. The molecule has 0 unspecified atom stereocenters. The number of ether oxygens (including phenoxy) is 2. The van der Waals surface area contributed by atoms with Crippen LogP contribution in [0.5, 0.6) is 11.5 Å². The number of hydrogen-bond acceptors (Lipinski definition) is 9. The van der Waals surface area contributed by atoms with Gasteiger partial charge >= 0.3 is 0 Å². The minimum atomic E-state index is 0.588. The predicted octanol–water partition coefficient (Wildman–Crippen LogP) is 9.11. The highest BCUT2D eigenvalue weighted by atomic mass is 127. The summed E-state index contributed by atoms with van der Waals surface area (Å²) < 4.78 is 24.2. The molecular weight excluding hydrogens is 672 g/mol. The Morgan fingerprint density at radius 3 is 1.86 bits per heavy atom. The van der Waals surface area contributed by atoms with Gasteiger partial charge in [-0.1, -0.05) is 0 Å². The van der Waals surface area contributed by atoms with E-state index in [4.69, 9.17) is 18.2 Å². The van der Waals surface area contributed by atoms with Crippen molar-refractivity contribution in [2.24, 2.45) is 0 Å². The Bertz CT molecular complexity index is 1890. The number of benzene rings is 1. The molecule has 0 bridgehead atoms. The van der Waals surface area contributed by atoms with Gasteiger partial charge in [0, 0.05) is 58.1 Å². The van der Waals surface area contributed by atoms with E-state index < -0.39 is 0 Å². The van der Waals surface area contributed by atoms with Crippen molar-refractivity contribution in [3.63, 3.8) is 0 Å². The molecule has 10 rings (SSSR count). The first-order chi connectivity index (χ1) is 18.1. The second kappa shape index (κ2) is 7.02. The highest BCUT2D eigenvalue weighted by Crippen LogP contribution is 2.62. The van der Waals surface area contributed by atoms with Gasteiger partial charge in [-0.2, -0.15) is 8.75 Å². The largest absolute Gasteiger partial charge is 0.484 e. The zero-order valence-electron chi connectivity index (χ0n) is 19.1. The Morgan fingerprint density at radius 2 is 1.24 bits per heavy atom. The molecule has 10 heteroatoms. The Hall–Kier alpha value is -1.83. The second-order valence-electron chi connectivity index (χ2n) is 9.85. The van der Waals surface area contributed by atoms with Gasteiger partial charge in [0.25, 0.3) is 0 Å². The van der Waals surface area contributed by atoms with Gasteiger partial charge in [0.05, 0.1) is 25.7 Å². The van der Waals surface area contributed by atoms with E-state index in [2.05, 4.69) is 41.6 Å². The summed E-state index contributed by atoms with van der Waals surface area (Å²) in [5, 5.41) is 0. The average molecular weight is 685 g/mol. The van der Waals surface area contributed by atoms with Crippen molar-refractivity contribution in [2.75, 3.05) is 0 Å². The fourth-order valence-electron chi connectivity index (χ4n) is 6.38. The topological polar surface area (TPSA) is 44.2 Å². The third-order valence-electron chi connectivity index (χ3n) is 7.89. The molecule has 0 spiro atoms. The van der Waals surface area contributed by atoms with Crippen LogP contribution in [0.2, 0.25) is 0 Å². The minimum absolute atomic E-state index is 0.588. The van der Waals surface area contributed by atoms with Crippen molar-refractivity contribution >= 4 is 90.7 Å². The summed E-state index contributed by atoms with van der Waals surface area (Å²) in [5.74, 6) is 1.71. The van der Waals surface area contributed by atoms with E-state index in [1.165, 1.54) is 82.1 Å². The van der Waals surface area contributed by atoms with E-state index in [1.807, 2.05) is 45.3 Å². The van der Waals surface area contributed by atoms with Gasteiger partial charge in [-0.05, 0) is 63.9 Å². The maximum atomic E-state index is 6.59. The van der Waals surface area contributed by atoms with Crippen LogP contribution in [0.4, 0.5) is 0 Å². The molecule has 5 aromatic heterocycles. The lowest BCUT2D eigenvalue weighted by Crippen LogP contribution is -2.12. The lowest BCUT2D eigenvalue weighted by Gasteiger charge is -2.26. The van der Waals surface area contributed by atoms with Gasteiger partial charge < -0.3 is 9.47 Å². The molecule has 0 fully saturated rings. The normalized spacial score (nSPS) is 15.3. The number of halogens is 1. The van der Waals surface area contributed by atoms with Crippen molar-refractivity contribution in [1.29, 1.82) is 0 Å². The summed E-state index contributed by atoms with van der Waals surface area (Å²) in [6.07, 6.45) is 2.01. The van der Waals surface area contributed by atoms with Gasteiger partial charge in [-0.3, -0.25) is 0 Å². The number of aryl methyl sites for hydroxylation is 1. The minimum Gasteiger partial charge on any atom is -0.484 e. The van der Waals surface area contributed by atoms with Crippen LogP contribution in [0.1, 0.15) is 38.3 Å². The van der Waals surface area contributed by atoms with Crippen LogP contribution in [0, 0.1) is 9.81 Å². The third kappa shape index (κ3) is 2.53. The molecule has 2 aliphatic heterocycles. The lowest BCUT2D eigenvalue weighted by molar-refractivity contribution is 0.252. The van der Waals surface area contributed by atoms with E-state index in [1.54, 1.807) is 0 Å². The molecule has 4 aliphatic rings. The van der Waals surface area contributed by atoms with E-state index in [-0.39, 0.29) is 0 Å². The van der Waals surface area contributed by atoms with Crippen molar-refractivity contribution < 1.29 is 9.47 Å². The maximum Gasteiger partial charge on any atom is 0.173 e. The van der Waals surface area contributed by atoms with Crippen molar-refractivity contribution in [2.45, 2.75) is 33.0 Å². The smallest absolute Gasteiger partial charge is 0.173 e. The van der Waals surface area contributed by atoms with Gasteiger partial charge in [0.1, 0.15) is 24.2 Å². The number of nitrogens with zero attached hydrogens (tertiary/aromatic N) is 2. The molecule has 180 valence electrons. The number of fused-ring (bicyclic) bond motifs is 18. The highest BCUT2D eigenvalue weighted by molar-refractivity contribution is 14.1. The Morgan fingerprint density at radius 1 is 0.676 bits per heavy atom. The predicted molar refractivity (Wildman–Crippen MR) is 162 cm³/mol. The van der Waals surface area contributed by atoms with Gasteiger partial charge in [-0.15, -0.1) is 45.3 Å². The summed E-state index contributed by atoms with van der Waals surface area (Å²) in [5.41, 5.74) is 12.5. The molecule has 0 atom stereocenters. The number of rotatable bonds is 0. The summed E-state index contributed by atoms with van der Waals surface area (Å²) in [6.45, 7) is 3.38. The van der Waals surface area contributed by atoms with Gasteiger partial charge in [-0.25, -0.2) is 0 Å². The van der Waals surface area contributed by atoms with E-state index >= 15 is 0 Å². The van der Waals surface area contributed by atoms with Crippen LogP contribution < -0.4 is 9.47 Å². The molecule has 4 nitrogen and oxygen atoms in total. The van der Waals surface area contributed by atoms with Crippen molar-refractivity contribution in [1.82, 2.24) is 8.75 Å². The lowest BCUT2D eigenvalue weighted by atomic mass is 9.94. The van der Waals surface area contributed by atoms with Crippen LogP contribution >= 0.6 is 79.7 Å². The fraction of sp³-hybridized carbons (Fsp3) is 0.185. The molecule has 37 heavy (non-hydrogen) atoms. The zero-order chi connectivity index (χ0) is 24.2. The first-order valence-corrected chi connectivity index (χ1v) is 17.0. The summed E-state index contributed by atoms with van der Waals surface area (Å²) in [4.78, 5) is 9.68. The van der Waals surface area contributed by atoms with Crippen molar-refractivity contribution in [3.8, 4) is 51.9 Å². The molecule has 0 amide bonds. The SMILES string of the molecule is Cc1cc2c(s1)-c1sc3c(c1C2)COc1c2c(c4nsnc4c1-3)-c1sc3c(c1CO2)Cc1cc(I)sc1-3. The van der Waals surface area contributed by atoms with Gasteiger partial charge in [0.2, 0.25) is 0 Å². The van der Waals surface area contributed by atoms with Gasteiger partial charge in [0.15, 0.2) is 11.5 Å². The molecule has 0 N–H and O–H groups in total. The Balaban J connectivity index is 1.23. The first-order valence-electron chi connectivity index (χ1n) is 11.9. The van der Waals surface area contributed by atoms with Crippen LogP contribution in [0.15, 0.2) is 12.1 Å². The standard InChI is InChI=1S/C27H13IN2O2S5/c1-8-2-9-3-11-13-6-31-20-16(24(13)35-26(11)22(9)33-8)18-19(30-37-29-18)17-21(20)32-7-14-12-4-10-5-15(28)34-23(10)27(12)36-25(14)17/h2,5H,3-4,6-7H2,1H3. The quantitative estimate of drug-likeness (QED) is 0.150. The Kier molecular flexibility index (Phi) is 3.99. The molecule has 0 saturated heterocycles.